The molecule has 2 amide bonds. The number of nitrogens with one attached hydrogen (secondary N) is 1. The van der Waals surface area contributed by atoms with Gasteiger partial charge in [0.15, 0.2) is 0 Å². The van der Waals surface area contributed by atoms with Crippen LogP contribution in [0.15, 0.2) is 48.5 Å². The third-order valence-electron chi connectivity index (χ3n) is 4.97. The highest BCUT2D eigenvalue weighted by Crippen LogP contribution is 2.26. The van der Waals surface area contributed by atoms with Gasteiger partial charge in [-0.05, 0) is 48.7 Å². The van der Waals surface area contributed by atoms with E-state index in [0.717, 1.165) is 30.6 Å². The predicted molar refractivity (Wildman–Crippen MR) is 118 cm³/mol. The van der Waals surface area contributed by atoms with Crippen molar-refractivity contribution in [2.75, 3.05) is 18.4 Å². The summed E-state index contributed by atoms with van der Waals surface area (Å²) in [7, 11) is 0. The lowest BCUT2D eigenvalue weighted by atomic mass is 9.97. The maximum absolute atomic E-state index is 12.4. The van der Waals surface area contributed by atoms with Gasteiger partial charge in [-0.1, -0.05) is 53.5 Å². The molecule has 2 aromatic rings. The summed E-state index contributed by atoms with van der Waals surface area (Å²) < 4.78 is 0. The summed E-state index contributed by atoms with van der Waals surface area (Å²) in [5.41, 5.74) is 7.87. The van der Waals surface area contributed by atoms with Crippen molar-refractivity contribution in [2.24, 2.45) is 11.7 Å². The van der Waals surface area contributed by atoms with Crippen molar-refractivity contribution in [3.63, 3.8) is 0 Å². The molecule has 1 fully saturated rings. The third-order valence-corrected chi connectivity index (χ3v) is 5.81. The molecule has 1 aliphatic rings. The van der Waals surface area contributed by atoms with Gasteiger partial charge in [-0.25, -0.2) is 0 Å². The summed E-state index contributed by atoms with van der Waals surface area (Å²) >= 11 is 12.2. The van der Waals surface area contributed by atoms with Gasteiger partial charge in [0, 0.05) is 24.9 Å². The predicted octanol–water partition coefficient (Wildman–Crippen LogP) is 4.34. The molecule has 2 aromatic carbocycles. The monoisotopic (exact) mass is 431 g/mol. The Morgan fingerprint density at radius 1 is 1.17 bits per heavy atom. The van der Waals surface area contributed by atoms with E-state index in [0.29, 0.717) is 28.7 Å². The molecule has 0 radical (unpaired) electrons. The third kappa shape index (κ3) is 5.82. The number of primary amides is 1. The van der Waals surface area contributed by atoms with Crippen LogP contribution in [0.2, 0.25) is 10.0 Å². The van der Waals surface area contributed by atoms with Crippen LogP contribution in [0.5, 0.6) is 0 Å². The number of anilines is 1. The molecular weight excluding hydrogens is 409 g/mol. The van der Waals surface area contributed by atoms with Gasteiger partial charge in [0.25, 0.3) is 0 Å². The van der Waals surface area contributed by atoms with E-state index < -0.39 is 0 Å². The smallest absolute Gasteiger partial charge is 0.248 e. The maximum atomic E-state index is 12.4. The number of rotatable bonds is 6. The first-order valence-electron chi connectivity index (χ1n) is 9.46. The Hall–Kier alpha value is -2.34. The Labute approximate surface area is 180 Å². The lowest BCUT2D eigenvalue weighted by molar-refractivity contribution is -0.123. The summed E-state index contributed by atoms with van der Waals surface area (Å²) in [6.07, 6.45) is 4.83. The first-order chi connectivity index (χ1) is 13.9. The molecule has 0 spiro atoms. The maximum Gasteiger partial charge on any atom is 0.248 e. The highest BCUT2D eigenvalue weighted by atomic mass is 35.5. The van der Waals surface area contributed by atoms with Gasteiger partial charge in [-0.2, -0.15) is 0 Å². The molecule has 3 N–H and O–H groups in total. The van der Waals surface area contributed by atoms with Gasteiger partial charge in [-0.15, -0.1) is 0 Å². The number of nitrogens with zero attached hydrogens (tertiary/aromatic N) is 1. The second-order valence-corrected chi connectivity index (χ2v) is 7.88. The molecule has 152 valence electrons. The van der Waals surface area contributed by atoms with Gasteiger partial charge in [0.2, 0.25) is 11.8 Å². The zero-order valence-corrected chi connectivity index (χ0v) is 17.4. The van der Waals surface area contributed by atoms with Crippen LogP contribution < -0.4 is 11.1 Å². The van der Waals surface area contributed by atoms with Crippen molar-refractivity contribution in [3.05, 3.63) is 69.7 Å². The van der Waals surface area contributed by atoms with Crippen LogP contribution in [-0.2, 0) is 16.1 Å². The lowest BCUT2D eigenvalue weighted by Gasteiger charge is -2.31. The van der Waals surface area contributed by atoms with E-state index in [2.05, 4.69) is 10.2 Å². The molecule has 0 aliphatic carbocycles. The van der Waals surface area contributed by atoms with E-state index in [1.54, 1.807) is 24.3 Å². The Morgan fingerprint density at radius 3 is 2.76 bits per heavy atom. The molecule has 29 heavy (non-hydrogen) atoms. The molecule has 3 rings (SSSR count). The molecule has 1 heterocycles. The van der Waals surface area contributed by atoms with Crippen molar-refractivity contribution in [2.45, 2.75) is 19.4 Å². The second-order valence-electron chi connectivity index (χ2n) is 7.10. The Morgan fingerprint density at radius 2 is 1.97 bits per heavy atom. The van der Waals surface area contributed by atoms with E-state index in [9.17, 15) is 9.59 Å². The number of likely N-dealkylation sites (tertiary alicyclic amines) is 1. The number of carbonyl (C=O) groups is 2. The van der Waals surface area contributed by atoms with Crippen LogP contribution in [-0.4, -0.2) is 29.8 Å². The second kappa shape index (κ2) is 9.92. The zero-order valence-electron chi connectivity index (χ0n) is 15.9. The quantitative estimate of drug-likeness (QED) is 0.667. The summed E-state index contributed by atoms with van der Waals surface area (Å²) in [5, 5.41) is 3.77. The van der Waals surface area contributed by atoms with Crippen LogP contribution in [0.25, 0.3) is 6.08 Å². The number of amides is 2. The van der Waals surface area contributed by atoms with Crippen LogP contribution in [0.1, 0.15) is 24.0 Å². The Bertz CT molecular complexity index is 930. The summed E-state index contributed by atoms with van der Waals surface area (Å²) in [6.45, 7) is 2.19. The van der Waals surface area contributed by atoms with E-state index >= 15 is 0 Å². The van der Waals surface area contributed by atoms with Crippen molar-refractivity contribution >= 4 is 46.8 Å². The van der Waals surface area contributed by atoms with Crippen LogP contribution >= 0.6 is 23.2 Å². The first kappa shape index (κ1) is 21.4. The minimum atomic E-state index is -0.262. The van der Waals surface area contributed by atoms with Gasteiger partial charge in [0.05, 0.1) is 16.0 Å². The molecule has 1 saturated heterocycles. The van der Waals surface area contributed by atoms with Crippen molar-refractivity contribution < 1.29 is 9.59 Å². The minimum absolute atomic E-state index is 0.115. The van der Waals surface area contributed by atoms with Gasteiger partial charge in [-0.3, -0.25) is 14.5 Å². The molecule has 1 unspecified atom stereocenters. The number of nitrogens with two attached hydrogens (primary N) is 1. The van der Waals surface area contributed by atoms with Crippen LogP contribution in [0.4, 0.5) is 5.69 Å². The van der Waals surface area contributed by atoms with Crippen molar-refractivity contribution in [1.29, 1.82) is 0 Å². The normalized spacial score (nSPS) is 17.4. The first-order valence-corrected chi connectivity index (χ1v) is 10.2. The lowest BCUT2D eigenvalue weighted by Crippen LogP contribution is -2.40. The van der Waals surface area contributed by atoms with Gasteiger partial charge >= 0.3 is 0 Å². The molecule has 0 bridgehead atoms. The molecule has 7 heteroatoms. The molecule has 1 aliphatic heterocycles. The largest absolute Gasteiger partial charge is 0.369 e. The number of para-hydroxylation sites is 1. The zero-order chi connectivity index (χ0) is 20.8. The standard InChI is InChI=1S/C22H23Cl2N3O2/c23-18-8-3-6-15(21(18)24)10-11-20(28)26-19-9-2-1-5-16(19)13-27-12-4-7-17(14-27)22(25)29/h1-3,5-6,8-11,17H,4,7,12-14H2,(H2,25,29)(H,26,28)/b11-10+. The number of halogens is 2. The fourth-order valence-electron chi connectivity index (χ4n) is 3.44. The number of carbonyl (C=O) groups excluding carboxylic acids is 2. The summed E-state index contributed by atoms with van der Waals surface area (Å²) in [5.74, 6) is -0.626. The van der Waals surface area contributed by atoms with E-state index in [1.165, 1.54) is 6.08 Å². The van der Waals surface area contributed by atoms with Gasteiger partial charge < -0.3 is 11.1 Å². The molecule has 1 atom stereocenters. The average Bonchev–Trinajstić information content (AvgIpc) is 2.71. The fraction of sp³-hybridized carbons (Fsp3) is 0.273. The van der Waals surface area contributed by atoms with Gasteiger partial charge in [0.1, 0.15) is 0 Å². The minimum Gasteiger partial charge on any atom is -0.369 e. The van der Waals surface area contributed by atoms with Crippen LogP contribution in [0, 0.1) is 5.92 Å². The van der Waals surface area contributed by atoms with E-state index in [-0.39, 0.29) is 17.7 Å². The van der Waals surface area contributed by atoms with Crippen LogP contribution in [0.3, 0.4) is 0 Å². The summed E-state index contributed by atoms with van der Waals surface area (Å²) in [6, 6.07) is 12.9. The van der Waals surface area contributed by atoms with Crippen molar-refractivity contribution in [3.8, 4) is 0 Å². The molecular formula is C22H23Cl2N3O2. The van der Waals surface area contributed by atoms with Crippen molar-refractivity contribution in [1.82, 2.24) is 4.90 Å². The Balaban J connectivity index is 1.67. The average molecular weight is 432 g/mol. The highest BCUT2D eigenvalue weighted by molar-refractivity contribution is 6.42. The fourth-order valence-corrected chi connectivity index (χ4v) is 3.81. The molecule has 5 nitrogen and oxygen atoms in total. The molecule has 0 saturated carbocycles. The number of benzene rings is 2. The topological polar surface area (TPSA) is 75.4 Å². The SMILES string of the molecule is NC(=O)C1CCCN(Cc2ccccc2NC(=O)/C=C/c2cccc(Cl)c2Cl)C1. The van der Waals surface area contributed by atoms with E-state index in [1.807, 2.05) is 24.3 Å². The number of piperidine rings is 1. The summed E-state index contributed by atoms with van der Waals surface area (Å²) in [4.78, 5) is 26.1. The highest BCUT2D eigenvalue weighted by Gasteiger charge is 2.24. The molecule has 0 aromatic heterocycles. The number of hydrogen-bond acceptors (Lipinski definition) is 3. The Kier molecular flexibility index (Phi) is 7.31. The number of hydrogen-bond donors (Lipinski definition) is 2. The van der Waals surface area contributed by atoms with E-state index in [4.69, 9.17) is 28.9 Å².